The van der Waals surface area contributed by atoms with E-state index in [1.807, 2.05) is 10.7 Å². The highest BCUT2D eigenvalue weighted by molar-refractivity contribution is 5.40. The van der Waals surface area contributed by atoms with E-state index >= 15 is 0 Å². The van der Waals surface area contributed by atoms with Crippen molar-refractivity contribution in [3.05, 3.63) is 29.7 Å². The number of aromatic nitrogens is 3. The summed E-state index contributed by atoms with van der Waals surface area (Å²) in [5.74, 6) is 0.981. The van der Waals surface area contributed by atoms with Crippen LogP contribution in [-0.2, 0) is 0 Å². The van der Waals surface area contributed by atoms with Gasteiger partial charge in [0.2, 0.25) is 0 Å². The molecule has 0 saturated carbocycles. The van der Waals surface area contributed by atoms with Crippen LogP contribution in [0.3, 0.4) is 0 Å². The minimum absolute atomic E-state index is 0.417. The number of likely N-dealkylation sites (tertiary alicyclic amines) is 1. The average Bonchev–Trinajstić information content (AvgIpc) is 2.93. The molecule has 90 valence electrons. The Balaban J connectivity index is 2.00. The fraction of sp³-hybridized carbons (Fsp3) is 0.538. The van der Waals surface area contributed by atoms with Crippen molar-refractivity contribution in [1.29, 1.82) is 0 Å². The smallest absolute Gasteiger partial charge is 0.168 e. The van der Waals surface area contributed by atoms with Gasteiger partial charge in [-0.1, -0.05) is 6.92 Å². The molecule has 1 fully saturated rings. The van der Waals surface area contributed by atoms with Gasteiger partial charge in [-0.2, -0.15) is 0 Å². The molecule has 3 rings (SSSR count). The van der Waals surface area contributed by atoms with E-state index in [1.54, 1.807) is 0 Å². The lowest BCUT2D eigenvalue weighted by atomic mass is 10.2. The van der Waals surface area contributed by atoms with Crippen molar-refractivity contribution >= 4 is 5.65 Å². The zero-order valence-corrected chi connectivity index (χ0v) is 10.4. The van der Waals surface area contributed by atoms with E-state index in [1.165, 1.54) is 24.9 Å². The van der Waals surface area contributed by atoms with Gasteiger partial charge in [0.1, 0.15) is 0 Å². The molecule has 1 aliphatic heterocycles. The van der Waals surface area contributed by atoms with Crippen molar-refractivity contribution in [2.75, 3.05) is 13.1 Å². The molecule has 0 aromatic carbocycles. The highest BCUT2D eigenvalue weighted by atomic mass is 15.3. The molecule has 2 aromatic rings. The highest BCUT2D eigenvalue weighted by Crippen LogP contribution is 2.29. The highest BCUT2D eigenvalue weighted by Gasteiger charge is 2.27. The Morgan fingerprint density at radius 2 is 2.35 bits per heavy atom. The van der Waals surface area contributed by atoms with Gasteiger partial charge in [0.25, 0.3) is 0 Å². The molecule has 0 bridgehead atoms. The maximum absolute atomic E-state index is 4.66. The maximum atomic E-state index is 4.66. The molecular formula is C13H18N4. The lowest BCUT2D eigenvalue weighted by molar-refractivity contribution is 0.262. The first-order valence-corrected chi connectivity index (χ1v) is 6.35. The molecule has 1 unspecified atom stereocenters. The summed E-state index contributed by atoms with van der Waals surface area (Å²) >= 11 is 0. The van der Waals surface area contributed by atoms with E-state index in [4.69, 9.17) is 0 Å². The summed E-state index contributed by atoms with van der Waals surface area (Å²) < 4.78 is 1.88. The molecule has 0 spiro atoms. The maximum Gasteiger partial charge on any atom is 0.168 e. The summed E-state index contributed by atoms with van der Waals surface area (Å²) in [6.07, 6.45) is 4.43. The fourth-order valence-electron chi connectivity index (χ4n) is 2.64. The van der Waals surface area contributed by atoms with Crippen molar-refractivity contribution in [1.82, 2.24) is 19.5 Å². The number of aryl methyl sites for hydroxylation is 1. The number of hydrogen-bond donors (Lipinski definition) is 0. The summed E-state index contributed by atoms with van der Waals surface area (Å²) in [7, 11) is 0. The minimum atomic E-state index is 0.417. The molecule has 17 heavy (non-hydrogen) atoms. The second-order valence-electron chi connectivity index (χ2n) is 4.76. The fourth-order valence-corrected chi connectivity index (χ4v) is 2.64. The number of pyridine rings is 1. The molecule has 4 nitrogen and oxygen atoms in total. The van der Waals surface area contributed by atoms with Gasteiger partial charge in [-0.25, -0.2) is 9.50 Å². The lowest BCUT2D eigenvalue weighted by Gasteiger charge is -2.19. The molecule has 1 saturated heterocycles. The first-order valence-electron chi connectivity index (χ1n) is 6.35. The van der Waals surface area contributed by atoms with Crippen LogP contribution in [0.15, 0.2) is 18.3 Å². The second-order valence-corrected chi connectivity index (χ2v) is 4.76. The summed E-state index contributed by atoms with van der Waals surface area (Å²) in [4.78, 5) is 7.12. The Kier molecular flexibility index (Phi) is 2.59. The van der Waals surface area contributed by atoms with Crippen molar-refractivity contribution in [3.63, 3.8) is 0 Å². The molecule has 0 N–H and O–H groups in total. The Morgan fingerprint density at radius 1 is 1.47 bits per heavy atom. The zero-order valence-electron chi connectivity index (χ0n) is 10.4. The van der Waals surface area contributed by atoms with Crippen LogP contribution >= 0.6 is 0 Å². The largest absolute Gasteiger partial charge is 0.294 e. The van der Waals surface area contributed by atoms with Crippen molar-refractivity contribution in [2.24, 2.45) is 0 Å². The number of rotatable bonds is 2. The average molecular weight is 230 g/mol. The monoisotopic (exact) mass is 230 g/mol. The molecule has 0 radical (unpaired) electrons. The van der Waals surface area contributed by atoms with Crippen LogP contribution in [0.5, 0.6) is 0 Å². The molecule has 0 amide bonds. The zero-order chi connectivity index (χ0) is 11.8. The molecular weight excluding hydrogens is 212 g/mol. The van der Waals surface area contributed by atoms with Gasteiger partial charge in [0.15, 0.2) is 11.5 Å². The standard InChI is InChI=1S/C13H18N4/c1-3-16-7-4-5-11(16)13-14-12-9-10(2)6-8-17(12)15-13/h6,8-9,11H,3-5,7H2,1-2H3. The van der Waals surface area contributed by atoms with Crippen LogP contribution in [0.2, 0.25) is 0 Å². The van der Waals surface area contributed by atoms with E-state index in [9.17, 15) is 0 Å². The lowest BCUT2D eigenvalue weighted by Crippen LogP contribution is -2.23. The van der Waals surface area contributed by atoms with Crippen LogP contribution in [0.1, 0.15) is 37.2 Å². The van der Waals surface area contributed by atoms with E-state index in [2.05, 4.69) is 41.0 Å². The summed E-state index contributed by atoms with van der Waals surface area (Å²) in [6.45, 7) is 6.55. The second kappa shape index (κ2) is 4.11. The molecule has 1 atom stereocenters. The van der Waals surface area contributed by atoms with E-state index in [0.29, 0.717) is 6.04 Å². The van der Waals surface area contributed by atoms with Crippen molar-refractivity contribution in [3.8, 4) is 0 Å². The quantitative estimate of drug-likeness (QED) is 0.793. The number of fused-ring (bicyclic) bond motifs is 1. The third-order valence-electron chi connectivity index (χ3n) is 3.58. The number of hydrogen-bond acceptors (Lipinski definition) is 3. The van der Waals surface area contributed by atoms with E-state index in [0.717, 1.165) is 18.0 Å². The predicted molar refractivity (Wildman–Crippen MR) is 66.9 cm³/mol. The first-order chi connectivity index (χ1) is 8.28. The third-order valence-corrected chi connectivity index (χ3v) is 3.58. The minimum Gasteiger partial charge on any atom is -0.294 e. The molecule has 4 heteroatoms. The Hall–Kier alpha value is -1.42. The van der Waals surface area contributed by atoms with Crippen LogP contribution in [0.4, 0.5) is 0 Å². The van der Waals surface area contributed by atoms with Crippen LogP contribution in [-0.4, -0.2) is 32.6 Å². The van der Waals surface area contributed by atoms with Gasteiger partial charge in [-0.05, 0) is 50.6 Å². The van der Waals surface area contributed by atoms with E-state index < -0.39 is 0 Å². The van der Waals surface area contributed by atoms with E-state index in [-0.39, 0.29) is 0 Å². The summed E-state index contributed by atoms with van der Waals surface area (Å²) in [5.41, 5.74) is 2.19. The molecule has 3 heterocycles. The number of nitrogens with zero attached hydrogens (tertiary/aromatic N) is 4. The molecule has 1 aliphatic rings. The Morgan fingerprint density at radius 3 is 3.18 bits per heavy atom. The van der Waals surface area contributed by atoms with Gasteiger partial charge in [0.05, 0.1) is 6.04 Å². The third kappa shape index (κ3) is 1.82. The molecule has 2 aromatic heterocycles. The molecule has 0 aliphatic carbocycles. The predicted octanol–water partition coefficient (Wildman–Crippen LogP) is 2.19. The van der Waals surface area contributed by atoms with Crippen LogP contribution in [0, 0.1) is 6.92 Å². The summed E-state index contributed by atoms with van der Waals surface area (Å²) in [6, 6.07) is 4.57. The van der Waals surface area contributed by atoms with Crippen molar-refractivity contribution < 1.29 is 0 Å². The normalized spacial score (nSPS) is 21.4. The Labute approximate surface area is 101 Å². The SMILES string of the molecule is CCN1CCCC1c1nc2cc(C)ccn2n1. The summed E-state index contributed by atoms with van der Waals surface area (Å²) in [5, 5.41) is 4.60. The van der Waals surface area contributed by atoms with Crippen LogP contribution < -0.4 is 0 Å². The van der Waals surface area contributed by atoms with Gasteiger partial charge < -0.3 is 0 Å². The van der Waals surface area contributed by atoms with Crippen LogP contribution in [0.25, 0.3) is 5.65 Å². The van der Waals surface area contributed by atoms with Gasteiger partial charge >= 0.3 is 0 Å². The topological polar surface area (TPSA) is 33.4 Å². The Bertz CT molecular complexity index is 531. The first kappa shape index (κ1) is 10.7. The van der Waals surface area contributed by atoms with Gasteiger partial charge in [-0.3, -0.25) is 4.90 Å². The van der Waals surface area contributed by atoms with Gasteiger partial charge in [-0.15, -0.1) is 5.10 Å². The van der Waals surface area contributed by atoms with Gasteiger partial charge in [0, 0.05) is 6.20 Å². The van der Waals surface area contributed by atoms with Crippen molar-refractivity contribution in [2.45, 2.75) is 32.7 Å².